The number of aryl methyl sites for hydroxylation is 1. The third-order valence-corrected chi connectivity index (χ3v) is 8.02. The maximum Gasteiger partial charge on any atom is 0.329 e. The van der Waals surface area contributed by atoms with Crippen LogP contribution >= 0.6 is 0 Å². The first kappa shape index (κ1) is 23.2. The number of fused-ring (bicyclic) bond motifs is 3. The summed E-state index contributed by atoms with van der Waals surface area (Å²) in [6.07, 6.45) is 8.01. The zero-order chi connectivity index (χ0) is 24.8. The zero-order valence-electron chi connectivity index (χ0n) is 21.4. The van der Waals surface area contributed by atoms with Crippen LogP contribution < -0.4 is 10.6 Å². The molecule has 0 N–H and O–H groups in total. The van der Waals surface area contributed by atoms with Gasteiger partial charge in [0.15, 0.2) is 0 Å². The molecule has 0 aliphatic carbocycles. The molecule has 8 heteroatoms. The first-order valence-corrected chi connectivity index (χ1v) is 13.0. The van der Waals surface area contributed by atoms with E-state index in [0.717, 1.165) is 84.3 Å². The number of nitrogens with zero attached hydrogens (tertiary/aromatic N) is 6. The number of piperidine rings is 1. The number of ether oxygens (including phenoxy) is 1. The van der Waals surface area contributed by atoms with Gasteiger partial charge in [-0.15, -0.1) is 0 Å². The number of hydrogen-bond acceptors (Lipinski definition) is 6. The second kappa shape index (κ2) is 9.33. The van der Waals surface area contributed by atoms with Crippen molar-refractivity contribution in [3.05, 3.63) is 53.2 Å². The maximum absolute atomic E-state index is 13.3. The van der Waals surface area contributed by atoms with Gasteiger partial charge in [-0.3, -0.25) is 14.1 Å². The van der Waals surface area contributed by atoms with Crippen molar-refractivity contribution < 1.29 is 4.74 Å². The first-order valence-electron chi connectivity index (χ1n) is 13.0. The molecule has 2 aliphatic rings. The lowest BCUT2D eigenvalue weighted by molar-refractivity contribution is 0.0593. The summed E-state index contributed by atoms with van der Waals surface area (Å²) in [5.74, 6) is 1.04. The van der Waals surface area contributed by atoms with E-state index in [4.69, 9.17) is 9.72 Å². The van der Waals surface area contributed by atoms with Crippen molar-refractivity contribution in [2.45, 2.75) is 37.8 Å². The molecule has 2 aliphatic heterocycles. The molecular weight excluding hydrogens is 452 g/mol. The fourth-order valence-electron chi connectivity index (χ4n) is 5.83. The van der Waals surface area contributed by atoms with E-state index >= 15 is 0 Å². The van der Waals surface area contributed by atoms with E-state index in [1.165, 1.54) is 0 Å². The van der Waals surface area contributed by atoms with Crippen LogP contribution in [0.25, 0.3) is 33.1 Å². The molecule has 0 saturated carbocycles. The topological polar surface area (TPSA) is 68.4 Å². The van der Waals surface area contributed by atoms with Crippen LogP contribution in [0.2, 0.25) is 0 Å². The Morgan fingerprint density at radius 1 is 1.00 bits per heavy atom. The highest BCUT2D eigenvalue weighted by Crippen LogP contribution is 2.32. The third kappa shape index (κ3) is 3.98. The Morgan fingerprint density at radius 2 is 1.81 bits per heavy atom. The standard InChI is InChI=1S/C28H34N6O2/c1-31(2)21-10-12-33(13-11-21)26-9-7-20(16-30-26)19-6-8-24-23(15-19)27-25(17-29-24)32(3)28(35)34(27)22-5-4-14-36-18-22/h6-9,15-17,21-22H,4-5,10-14,18H2,1-3H3/t22-/m1/s1. The molecule has 2 fully saturated rings. The average Bonchev–Trinajstić information content (AvgIpc) is 3.19. The van der Waals surface area contributed by atoms with Crippen molar-refractivity contribution in [3.8, 4) is 11.1 Å². The van der Waals surface area contributed by atoms with Crippen LogP contribution in [0.15, 0.2) is 47.5 Å². The first-order chi connectivity index (χ1) is 17.5. The van der Waals surface area contributed by atoms with Gasteiger partial charge in [0.2, 0.25) is 0 Å². The number of imidazole rings is 1. The molecule has 0 spiro atoms. The van der Waals surface area contributed by atoms with Crippen LogP contribution in [0, 0.1) is 0 Å². The summed E-state index contributed by atoms with van der Waals surface area (Å²) in [5, 5.41) is 0.989. The van der Waals surface area contributed by atoms with Gasteiger partial charge in [0, 0.05) is 49.9 Å². The molecule has 36 heavy (non-hydrogen) atoms. The minimum atomic E-state index is -0.00994. The van der Waals surface area contributed by atoms with Crippen molar-refractivity contribution in [3.63, 3.8) is 0 Å². The molecule has 0 unspecified atom stereocenters. The molecule has 0 amide bonds. The number of anilines is 1. The molecule has 1 aromatic carbocycles. The summed E-state index contributed by atoms with van der Waals surface area (Å²) in [6.45, 7) is 3.40. The Balaban J connectivity index is 1.36. The lowest BCUT2D eigenvalue weighted by Gasteiger charge is -2.35. The van der Waals surface area contributed by atoms with E-state index in [0.29, 0.717) is 12.6 Å². The normalized spacial score (nSPS) is 19.6. The molecular formula is C28H34N6O2. The highest BCUT2D eigenvalue weighted by Gasteiger charge is 2.24. The SMILES string of the molecule is CN(C)C1CCN(c2ccc(-c3ccc4ncc5c(c4c3)n([C@@H]3CCCOC3)c(=O)n5C)cn2)CC1. The molecule has 3 aromatic heterocycles. The quantitative estimate of drug-likeness (QED) is 0.437. The Labute approximate surface area is 211 Å². The van der Waals surface area contributed by atoms with Crippen molar-refractivity contribution >= 4 is 27.8 Å². The Morgan fingerprint density at radius 3 is 2.50 bits per heavy atom. The van der Waals surface area contributed by atoms with E-state index in [-0.39, 0.29) is 11.7 Å². The maximum atomic E-state index is 13.3. The summed E-state index contributed by atoms with van der Waals surface area (Å²) < 4.78 is 9.37. The third-order valence-electron chi connectivity index (χ3n) is 8.02. The Hall–Kier alpha value is -3.23. The predicted molar refractivity (Wildman–Crippen MR) is 144 cm³/mol. The van der Waals surface area contributed by atoms with Crippen molar-refractivity contribution in [2.24, 2.45) is 7.05 Å². The number of pyridine rings is 2. The van der Waals surface area contributed by atoms with Gasteiger partial charge >= 0.3 is 5.69 Å². The van der Waals surface area contributed by atoms with E-state index in [1.54, 1.807) is 4.57 Å². The Bertz CT molecular complexity index is 1440. The average molecular weight is 487 g/mol. The van der Waals surface area contributed by atoms with E-state index in [9.17, 15) is 4.79 Å². The highest BCUT2D eigenvalue weighted by molar-refractivity contribution is 6.04. The van der Waals surface area contributed by atoms with Crippen LogP contribution in [-0.4, -0.2) is 70.4 Å². The fourth-order valence-corrected chi connectivity index (χ4v) is 5.83. The predicted octanol–water partition coefficient (Wildman–Crippen LogP) is 3.83. The summed E-state index contributed by atoms with van der Waals surface area (Å²) >= 11 is 0. The van der Waals surface area contributed by atoms with Gasteiger partial charge in [-0.05, 0) is 69.6 Å². The van der Waals surface area contributed by atoms with E-state index < -0.39 is 0 Å². The summed E-state index contributed by atoms with van der Waals surface area (Å²) in [4.78, 5) is 27.5. The molecule has 188 valence electrons. The van der Waals surface area contributed by atoms with Crippen LogP contribution in [0.3, 0.4) is 0 Å². The van der Waals surface area contributed by atoms with Gasteiger partial charge in [0.25, 0.3) is 0 Å². The van der Waals surface area contributed by atoms with Gasteiger partial charge in [-0.1, -0.05) is 6.07 Å². The number of hydrogen-bond donors (Lipinski definition) is 0. The van der Waals surface area contributed by atoms with Gasteiger partial charge in [0.05, 0.1) is 35.4 Å². The summed E-state index contributed by atoms with van der Waals surface area (Å²) in [5.41, 5.74) is 4.81. The molecule has 8 nitrogen and oxygen atoms in total. The second-order valence-corrected chi connectivity index (χ2v) is 10.4. The minimum absolute atomic E-state index is 0.00994. The largest absolute Gasteiger partial charge is 0.379 e. The molecule has 5 heterocycles. The van der Waals surface area contributed by atoms with Crippen LogP contribution in [0.5, 0.6) is 0 Å². The number of rotatable bonds is 4. The van der Waals surface area contributed by atoms with Gasteiger partial charge in [-0.25, -0.2) is 9.78 Å². The van der Waals surface area contributed by atoms with Crippen molar-refractivity contribution in [1.29, 1.82) is 0 Å². The van der Waals surface area contributed by atoms with E-state index in [2.05, 4.69) is 53.1 Å². The van der Waals surface area contributed by atoms with Crippen LogP contribution in [-0.2, 0) is 11.8 Å². The molecule has 4 aromatic rings. The van der Waals surface area contributed by atoms with Crippen LogP contribution in [0.1, 0.15) is 31.7 Å². The molecule has 2 saturated heterocycles. The van der Waals surface area contributed by atoms with Gasteiger partial charge in [-0.2, -0.15) is 0 Å². The lowest BCUT2D eigenvalue weighted by atomic mass is 10.0. The fraction of sp³-hybridized carbons (Fsp3) is 0.464. The number of aromatic nitrogens is 4. The smallest absolute Gasteiger partial charge is 0.329 e. The number of benzene rings is 1. The molecule has 0 bridgehead atoms. The van der Waals surface area contributed by atoms with Crippen LogP contribution in [0.4, 0.5) is 5.82 Å². The van der Waals surface area contributed by atoms with Gasteiger partial charge in [0.1, 0.15) is 5.82 Å². The Kier molecular flexibility index (Phi) is 6.01. The van der Waals surface area contributed by atoms with E-state index in [1.807, 2.05) is 30.1 Å². The van der Waals surface area contributed by atoms with Crippen molar-refractivity contribution in [1.82, 2.24) is 24.0 Å². The molecule has 0 radical (unpaired) electrons. The minimum Gasteiger partial charge on any atom is -0.379 e. The molecule has 1 atom stereocenters. The monoisotopic (exact) mass is 486 g/mol. The van der Waals surface area contributed by atoms with Gasteiger partial charge < -0.3 is 14.5 Å². The highest BCUT2D eigenvalue weighted by atomic mass is 16.5. The second-order valence-electron chi connectivity index (χ2n) is 10.4. The molecule has 6 rings (SSSR count). The lowest BCUT2D eigenvalue weighted by Crippen LogP contribution is -2.42. The zero-order valence-corrected chi connectivity index (χ0v) is 21.4. The summed E-state index contributed by atoms with van der Waals surface area (Å²) in [6, 6.07) is 11.3. The summed E-state index contributed by atoms with van der Waals surface area (Å²) in [7, 11) is 6.15. The van der Waals surface area contributed by atoms with Crippen molar-refractivity contribution in [2.75, 3.05) is 45.3 Å².